The molecule has 0 aromatic heterocycles. The number of hydrogen-bond donors (Lipinski definition) is 1. The van der Waals surface area contributed by atoms with E-state index >= 15 is 0 Å². The van der Waals surface area contributed by atoms with Gasteiger partial charge in [-0.1, -0.05) is 48.5 Å². The van der Waals surface area contributed by atoms with E-state index in [-0.39, 0.29) is 11.8 Å². The summed E-state index contributed by atoms with van der Waals surface area (Å²) in [4.78, 5) is 14.9. The second kappa shape index (κ2) is 6.40. The van der Waals surface area contributed by atoms with E-state index in [2.05, 4.69) is 65.8 Å². The maximum absolute atomic E-state index is 12.6. The van der Waals surface area contributed by atoms with Crippen molar-refractivity contribution in [3.63, 3.8) is 0 Å². The van der Waals surface area contributed by atoms with Gasteiger partial charge in [0.2, 0.25) is 5.91 Å². The van der Waals surface area contributed by atoms with Crippen LogP contribution in [0.15, 0.2) is 48.5 Å². The maximum Gasteiger partial charge on any atom is 0.223 e. The molecule has 3 nitrogen and oxygen atoms in total. The normalized spacial score (nSPS) is 20.5. The quantitative estimate of drug-likeness (QED) is 0.943. The summed E-state index contributed by atoms with van der Waals surface area (Å²) in [5, 5.41) is 3.21. The average Bonchev–Trinajstić information content (AvgIpc) is 3.04. The standard InChI is InChI=1S/C21H24N2O/c1-23-14-18-9-5-4-8-17(18)12-20(23)13-22-21(24)19-10-15-6-2-3-7-16(15)11-19/h2-9,19-20H,10-14H2,1H3,(H,22,24)/t20-/m0/s1. The van der Waals surface area contributed by atoms with Crippen LogP contribution < -0.4 is 5.32 Å². The molecule has 1 atom stereocenters. The van der Waals surface area contributed by atoms with Crippen LogP contribution in [0.2, 0.25) is 0 Å². The highest BCUT2D eigenvalue weighted by atomic mass is 16.1. The Balaban J connectivity index is 1.35. The van der Waals surface area contributed by atoms with Gasteiger partial charge in [0, 0.05) is 25.0 Å². The lowest BCUT2D eigenvalue weighted by atomic mass is 9.94. The van der Waals surface area contributed by atoms with Gasteiger partial charge in [0.25, 0.3) is 0 Å². The van der Waals surface area contributed by atoms with Crippen LogP contribution in [-0.2, 0) is 30.6 Å². The molecule has 0 spiro atoms. The minimum absolute atomic E-state index is 0.101. The Morgan fingerprint density at radius 1 is 0.958 bits per heavy atom. The molecule has 0 radical (unpaired) electrons. The van der Waals surface area contributed by atoms with Crippen LogP contribution in [0.25, 0.3) is 0 Å². The summed E-state index contributed by atoms with van der Waals surface area (Å²) in [6.45, 7) is 1.70. The van der Waals surface area contributed by atoms with Gasteiger partial charge in [-0.2, -0.15) is 0 Å². The number of rotatable bonds is 3. The van der Waals surface area contributed by atoms with E-state index in [0.717, 1.165) is 32.4 Å². The third kappa shape index (κ3) is 2.96. The number of carbonyl (C=O) groups excluding carboxylic acids is 1. The lowest BCUT2D eigenvalue weighted by molar-refractivity contribution is -0.125. The second-order valence-corrected chi connectivity index (χ2v) is 7.16. The predicted molar refractivity (Wildman–Crippen MR) is 95.8 cm³/mol. The van der Waals surface area contributed by atoms with E-state index in [1.165, 1.54) is 22.3 Å². The van der Waals surface area contributed by atoms with Crippen molar-refractivity contribution < 1.29 is 4.79 Å². The maximum atomic E-state index is 12.6. The van der Waals surface area contributed by atoms with Crippen LogP contribution in [-0.4, -0.2) is 30.4 Å². The molecule has 1 N–H and O–H groups in total. The van der Waals surface area contributed by atoms with Crippen molar-refractivity contribution in [3.05, 3.63) is 70.8 Å². The molecule has 0 bridgehead atoms. The van der Waals surface area contributed by atoms with E-state index in [4.69, 9.17) is 0 Å². The van der Waals surface area contributed by atoms with Gasteiger partial charge >= 0.3 is 0 Å². The molecule has 1 amide bonds. The Hall–Kier alpha value is -2.13. The topological polar surface area (TPSA) is 32.3 Å². The highest BCUT2D eigenvalue weighted by Crippen LogP contribution is 2.27. The molecule has 3 heteroatoms. The minimum Gasteiger partial charge on any atom is -0.354 e. The number of nitrogens with one attached hydrogen (secondary N) is 1. The Kier molecular flexibility index (Phi) is 4.11. The summed E-state index contributed by atoms with van der Waals surface area (Å²) in [5.74, 6) is 0.307. The molecule has 4 rings (SSSR count). The lowest BCUT2D eigenvalue weighted by Crippen LogP contribution is -2.46. The second-order valence-electron chi connectivity index (χ2n) is 7.16. The smallest absolute Gasteiger partial charge is 0.223 e. The molecule has 0 saturated carbocycles. The van der Waals surface area contributed by atoms with Crippen molar-refractivity contribution in [2.75, 3.05) is 13.6 Å². The summed E-state index contributed by atoms with van der Waals surface area (Å²) in [5.41, 5.74) is 5.50. The third-order valence-electron chi connectivity index (χ3n) is 5.55. The minimum atomic E-state index is 0.101. The number of hydrogen-bond acceptors (Lipinski definition) is 2. The summed E-state index contributed by atoms with van der Waals surface area (Å²) in [7, 11) is 2.15. The fourth-order valence-corrected chi connectivity index (χ4v) is 4.05. The van der Waals surface area contributed by atoms with Gasteiger partial charge in [-0.05, 0) is 48.6 Å². The van der Waals surface area contributed by atoms with Crippen molar-refractivity contribution in [1.82, 2.24) is 10.2 Å². The van der Waals surface area contributed by atoms with E-state index in [0.29, 0.717) is 6.04 Å². The van der Waals surface area contributed by atoms with Crippen molar-refractivity contribution in [2.45, 2.75) is 31.8 Å². The predicted octanol–water partition coefficient (Wildman–Crippen LogP) is 2.57. The first-order chi connectivity index (χ1) is 11.7. The monoisotopic (exact) mass is 320 g/mol. The number of likely N-dealkylation sites (N-methyl/N-ethyl adjacent to an activating group) is 1. The van der Waals surface area contributed by atoms with E-state index in [9.17, 15) is 4.79 Å². The largest absolute Gasteiger partial charge is 0.354 e. The van der Waals surface area contributed by atoms with Gasteiger partial charge in [0.15, 0.2) is 0 Å². The molecule has 24 heavy (non-hydrogen) atoms. The molecular formula is C21H24N2O. The Labute approximate surface area is 143 Å². The van der Waals surface area contributed by atoms with Crippen LogP contribution >= 0.6 is 0 Å². The summed E-state index contributed by atoms with van der Waals surface area (Å²) < 4.78 is 0. The summed E-state index contributed by atoms with van der Waals surface area (Å²) in [6, 6.07) is 17.4. The van der Waals surface area contributed by atoms with Crippen LogP contribution in [0.4, 0.5) is 0 Å². The highest BCUT2D eigenvalue weighted by molar-refractivity contribution is 5.80. The van der Waals surface area contributed by atoms with Crippen LogP contribution in [0, 0.1) is 5.92 Å². The molecule has 1 heterocycles. The van der Waals surface area contributed by atoms with Crippen LogP contribution in [0.1, 0.15) is 22.3 Å². The zero-order valence-electron chi connectivity index (χ0n) is 14.2. The van der Waals surface area contributed by atoms with Gasteiger partial charge in [-0.25, -0.2) is 0 Å². The van der Waals surface area contributed by atoms with E-state index in [1.807, 2.05) is 0 Å². The number of amides is 1. The molecule has 0 saturated heterocycles. The van der Waals surface area contributed by atoms with Crippen molar-refractivity contribution >= 4 is 5.91 Å². The number of nitrogens with zero attached hydrogens (tertiary/aromatic N) is 1. The summed E-state index contributed by atoms with van der Waals surface area (Å²) in [6.07, 6.45) is 2.77. The Morgan fingerprint density at radius 3 is 2.12 bits per heavy atom. The molecule has 124 valence electrons. The number of fused-ring (bicyclic) bond motifs is 2. The number of benzene rings is 2. The van der Waals surface area contributed by atoms with Crippen molar-refractivity contribution in [2.24, 2.45) is 5.92 Å². The van der Waals surface area contributed by atoms with Gasteiger partial charge < -0.3 is 5.32 Å². The molecule has 1 aliphatic carbocycles. The van der Waals surface area contributed by atoms with Gasteiger partial charge in [0.05, 0.1) is 0 Å². The van der Waals surface area contributed by atoms with Crippen LogP contribution in [0.5, 0.6) is 0 Å². The SMILES string of the molecule is CN1Cc2ccccc2C[C@H]1CNC(=O)C1Cc2ccccc2C1. The molecule has 2 aliphatic rings. The van der Waals surface area contributed by atoms with Crippen molar-refractivity contribution in [3.8, 4) is 0 Å². The highest BCUT2D eigenvalue weighted by Gasteiger charge is 2.28. The molecule has 1 aliphatic heterocycles. The first kappa shape index (κ1) is 15.4. The molecule has 2 aromatic carbocycles. The van der Waals surface area contributed by atoms with Gasteiger partial charge in [0.1, 0.15) is 0 Å². The lowest BCUT2D eigenvalue weighted by Gasteiger charge is -2.34. The van der Waals surface area contributed by atoms with Gasteiger partial charge in [-0.15, -0.1) is 0 Å². The van der Waals surface area contributed by atoms with Crippen molar-refractivity contribution in [1.29, 1.82) is 0 Å². The third-order valence-corrected chi connectivity index (χ3v) is 5.55. The fraction of sp³-hybridized carbons (Fsp3) is 0.381. The Morgan fingerprint density at radius 2 is 1.50 bits per heavy atom. The molecule has 0 unspecified atom stereocenters. The van der Waals surface area contributed by atoms with Crippen LogP contribution in [0.3, 0.4) is 0 Å². The average molecular weight is 320 g/mol. The molecule has 2 aromatic rings. The zero-order chi connectivity index (χ0) is 16.5. The molecular weight excluding hydrogens is 296 g/mol. The number of carbonyl (C=O) groups is 1. The Bertz CT molecular complexity index is 730. The fourth-order valence-electron chi connectivity index (χ4n) is 4.05. The first-order valence-corrected chi connectivity index (χ1v) is 8.82. The molecule has 0 fully saturated rings. The summed E-state index contributed by atoms with van der Waals surface area (Å²) >= 11 is 0. The van der Waals surface area contributed by atoms with E-state index < -0.39 is 0 Å². The zero-order valence-corrected chi connectivity index (χ0v) is 14.2. The van der Waals surface area contributed by atoms with E-state index in [1.54, 1.807) is 0 Å². The van der Waals surface area contributed by atoms with Gasteiger partial charge in [-0.3, -0.25) is 9.69 Å². The first-order valence-electron chi connectivity index (χ1n) is 8.82.